The molecular weight excluding hydrogens is 350 g/mol. The van der Waals surface area contributed by atoms with E-state index in [1.165, 1.54) is 12.8 Å². The summed E-state index contributed by atoms with van der Waals surface area (Å²) in [6.45, 7) is 7.12. The Morgan fingerprint density at radius 3 is 2.46 bits per heavy atom. The van der Waals surface area contributed by atoms with Crippen molar-refractivity contribution in [2.45, 2.75) is 65.5 Å². The molecule has 1 atom stereocenters. The van der Waals surface area contributed by atoms with Crippen LogP contribution < -0.4 is 5.56 Å². The van der Waals surface area contributed by atoms with Crippen LogP contribution in [-0.2, 0) is 6.54 Å². The minimum Gasteiger partial charge on any atom is -0.308 e. The molecule has 0 amide bonds. The lowest BCUT2D eigenvalue weighted by atomic mass is 10.2. The molecule has 0 radical (unpaired) electrons. The van der Waals surface area contributed by atoms with Gasteiger partial charge in [0.15, 0.2) is 11.3 Å². The average Bonchev–Trinajstić information content (AvgIpc) is 3.02. The maximum absolute atomic E-state index is 13.3. The molecule has 1 aromatic carbocycles. The van der Waals surface area contributed by atoms with Crippen molar-refractivity contribution < 1.29 is 0 Å². The van der Waals surface area contributed by atoms with E-state index in [1.54, 1.807) is 10.9 Å². The van der Waals surface area contributed by atoms with Gasteiger partial charge in [0.05, 0.1) is 11.0 Å². The van der Waals surface area contributed by atoms with Gasteiger partial charge in [-0.15, -0.1) is 0 Å². The first-order valence-electron chi connectivity index (χ1n) is 10.3. The van der Waals surface area contributed by atoms with E-state index in [0.717, 1.165) is 42.5 Å². The van der Waals surface area contributed by atoms with E-state index in [9.17, 15) is 4.79 Å². The molecule has 3 heterocycles. The summed E-state index contributed by atoms with van der Waals surface area (Å²) in [4.78, 5) is 27.7. The Labute approximate surface area is 164 Å². The highest BCUT2D eigenvalue weighted by Gasteiger charge is 2.20. The van der Waals surface area contributed by atoms with E-state index in [4.69, 9.17) is 9.97 Å². The third-order valence-electron chi connectivity index (χ3n) is 5.58. The second kappa shape index (κ2) is 7.70. The molecule has 0 unspecified atom stereocenters. The van der Waals surface area contributed by atoms with Crippen molar-refractivity contribution >= 4 is 33.2 Å². The van der Waals surface area contributed by atoms with E-state index < -0.39 is 0 Å². The van der Waals surface area contributed by atoms with E-state index in [1.807, 2.05) is 31.2 Å². The molecule has 4 aromatic rings. The molecule has 0 bridgehead atoms. The molecule has 146 valence electrons. The van der Waals surface area contributed by atoms with Crippen LogP contribution in [0.25, 0.3) is 33.2 Å². The molecule has 0 spiro atoms. The summed E-state index contributed by atoms with van der Waals surface area (Å²) in [6, 6.07) is 7.91. The first kappa shape index (κ1) is 18.6. The number of benzene rings is 1. The third kappa shape index (κ3) is 3.07. The lowest BCUT2D eigenvalue weighted by Gasteiger charge is -2.12. The fourth-order valence-electron chi connectivity index (χ4n) is 3.74. The number of aromatic nitrogens is 5. The van der Waals surface area contributed by atoms with E-state index in [-0.39, 0.29) is 11.6 Å². The van der Waals surface area contributed by atoms with E-state index in [0.29, 0.717) is 16.6 Å². The molecule has 6 nitrogen and oxygen atoms in total. The number of hydrogen-bond donors (Lipinski definition) is 0. The zero-order chi connectivity index (χ0) is 19.7. The van der Waals surface area contributed by atoms with Gasteiger partial charge in [0.25, 0.3) is 5.56 Å². The number of fused-ring (bicyclic) bond motifs is 4. The highest BCUT2D eigenvalue weighted by molar-refractivity contribution is 6.04. The molecular formula is C22H27N5O. The van der Waals surface area contributed by atoms with Gasteiger partial charge in [-0.3, -0.25) is 9.36 Å². The van der Waals surface area contributed by atoms with Gasteiger partial charge in [-0.05, 0) is 31.9 Å². The third-order valence-corrected chi connectivity index (χ3v) is 5.58. The van der Waals surface area contributed by atoms with Crippen LogP contribution in [0.3, 0.4) is 0 Å². The maximum atomic E-state index is 13.3. The Morgan fingerprint density at radius 1 is 1.00 bits per heavy atom. The number of rotatable bonds is 7. The van der Waals surface area contributed by atoms with Crippen molar-refractivity contribution in [1.29, 1.82) is 0 Å². The van der Waals surface area contributed by atoms with Gasteiger partial charge in [0, 0.05) is 12.6 Å². The van der Waals surface area contributed by atoms with Gasteiger partial charge >= 0.3 is 0 Å². The van der Waals surface area contributed by atoms with Crippen LogP contribution in [-0.4, -0.2) is 24.1 Å². The van der Waals surface area contributed by atoms with Gasteiger partial charge in [0.2, 0.25) is 0 Å². The molecule has 0 N–H and O–H groups in total. The Bertz CT molecular complexity index is 1190. The average molecular weight is 377 g/mol. The molecule has 0 aliphatic rings. The summed E-state index contributed by atoms with van der Waals surface area (Å²) in [5.74, 6) is 0. The molecule has 0 saturated heterocycles. The summed E-state index contributed by atoms with van der Waals surface area (Å²) in [7, 11) is 0. The Hall–Kier alpha value is -2.76. The zero-order valence-corrected chi connectivity index (χ0v) is 16.9. The van der Waals surface area contributed by atoms with Crippen LogP contribution in [0.2, 0.25) is 0 Å². The highest BCUT2D eigenvalue weighted by Crippen LogP contribution is 2.26. The number of para-hydroxylation sites is 2. The predicted molar refractivity (Wildman–Crippen MR) is 114 cm³/mol. The molecule has 3 aromatic heterocycles. The van der Waals surface area contributed by atoms with Crippen molar-refractivity contribution in [1.82, 2.24) is 24.1 Å². The van der Waals surface area contributed by atoms with Crippen LogP contribution in [0.5, 0.6) is 0 Å². The van der Waals surface area contributed by atoms with E-state index in [2.05, 4.69) is 23.4 Å². The van der Waals surface area contributed by atoms with Crippen molar-refractivity contribution in [3.8, 4) is 0 Å². The van der Waals surface area contributed by atoms with Crippen molar-refractivity contribution in [3.05, 3.63) is 40.9 Å². The second-order valence-electron chi connectivity index (χ2n) is 7.51. The quantitative estimate of drug-likeness (QED) is 0.432. The summed E-state index contributed by atoms with van der Waals surface area (Å²) in [6.07, 6.45) is 7.15. The number of hydrogen-bond acceptors (Lipinski definition) is 4. The maximum Gasteiger partial charge on any atom is 0.265 e. The predicted octanol–water partition coefficient (Wildman–Crippen LogP) is 4.85. The van der Waals surface area contributed by atoms with Gasteiger partial charge in [0.1, 0.15) is 17.2 Å². The minimum absolute atomic E-state index is 0.0266. The minimum atomic E-state index is -0.0266. The molecule has 0 aliphatic carbocycles. The zero-order valence-electron chi connectivity index (χ0n) is 16.9. The first-order valence-corrected chi connectivity index (χ1v) is 10.3. The second-order valence-corrected chi connectivity index (χ2v) is 7.51. The summed E-state index contributed by atoms with van der Waals surface area (Å²) < 4.78 is 3.81. The Balaban J connectivity index is 2.00. The van der Waals surface area contributed by atoms with Crippen LogP contribution in [0.1, 0.15) is 58.9 Å². The van der Waals surface area contributed by atoms with Crippen molar-refractivity contribution in [2.75, 3.05) is 0 Å². The monoisotopic (exact) mass is 377 g/mol. The molecule has 0 fully saturated rings. The van der Waals surface area contributed by atoms with Gasteiger partial charge < -0.3 is 4.57 Å². The number of nitrogens with zero attached hydrogens (tertiary/aromatic N) is 5. The topological polar surface area (TPSA) is 65.6 Å². The summed E-state index contributed by atoms with van der Waals surface area (Å²) in [5, 5.41) is 0.589. The first-order chi connectivity index (χ1) is 13.7. The van der Waals surface area contributed by atoms with Crippen LogP contribution in [0.15, 0.2) is 35.4 Å². The smallest absolute Gasteiger partial charge is 0.265 e. The summed E-state index contributed by atoms with van der Waals surface area (Å²) in [5.41, 5.74) is 3.75. The highest BCUT2D eigenvalue weighted by atomic mass is 16.1. The normalized spacial score (nSPS) is 13.0. The molecule has 6 heteroatoms. The van der Waals surface area contributed by atoms with Gasteiger partial charge in [-0.25, -0.2) is 15.0 Å². The molecule has 4 rings (SSSR count). The Morgan fingerprint density at radius 2 is 1.75 bits per heavy atom. The standard InChI is InChI=1S/C22H27N5O/c1-4-6-7-10-13-26-20-18(22(28)27(14-23-20)15(3)5-2)19-21(26)25-17-12-9-8-11-16(17)24-19/h8-9,11-12,14-15H,4-7,10,13H2,1-3H3/t15-/m1/s1. The lowest BCUT2D eigenvalue weighted by Crippen LogP contribution is -2.23. The van der Waals surface area contributed by atoms with Crippen LogP contribution >= 0.6 is 0 Å². The van der Waals surface area contributed by atoms with E-state index >= 15 is 0 Å². The van der Waals surface area contributed by atoms with Crippen LogP contribution in [0, 0.1) is 0 Å². The fraction of sp³-hybridized carbons (Fsp3) is 0.455. The molecule has 0 saturated carbocycles. The largest absolute Gasteiger partial charge is 0.308 e. The number of unbranched alkanes of at least 4 members (excludes halogenated alkanes) is 3. The van der Waals surface area contributed by atoms with Gasteiger partial charge in [-0.2, -0.15) is 0 Å². The van der Waals surface area contributed by atoms with Crippen molar-refractivity contribution in [2.24, 2.45) is 0 Å². The lowest BCUT2D eigenvalue weighted by molar-refractivity contribution is 0.509. The van der Waals surface area contributed by atoms with Crippen molar-refractivity contribution in [3.63, 3.8) is 0 Å². The molecule has 28 heavy (non-hydrogen) atoms. The van der Waals surface area contributed by atoms with Crippen LogP contribution in [0.4, 0.5) is 0 Å². The SMILES string of the molecule is CCCCCCn1c2nc3ccccc3nc2c2c(=O)n([C@H](C)CC)cnc21. The number of aryl methyl sites for hydroxylation is 1. The summed E-state index contributed by atoms with van der Waals surface area (Å²) >= 11 is 0. The fourth-order valence-corrected chi connectivity index (χ4v) is 3.74. The Kier molecular flexibility index (Phi) is 5.11. The van der Waals surface area contributed by atoms with Gasteiger partial charge in [-0.1, -0.05) is 45.2 Å². The molecule has 0 aliphatic heterocycles.